The van der Waals surface area contributed by atoms with Gasteiger partial charge in [-0.25, -0.2) is 4.79 Å². The molecular weight excluding hydrogens is 211 g/mol. The molecule has 0 aromatic carbocycles. The molecule has 0 fully saturated rings. The van der Waals surface area contributed by atoms with Gasteiger partial charge in [-0.1, -0.05) is 30.7 Å². The third kappa shape index (κ3) is 4.96. The van der Waals surface area contributed by atoms with Crippen LogP contribution in [-0.4, -0.2) is 16.5 Å². The Morgan fingerprint density at radius 1 is 1.62 bits per heavy atom. The Hall–Kier alpha value is -0.470. The summed E-state index contributed by atoms with van der Waals surface area (Å²) in [5, 5.41) is 8.66. The molecule has 0 bridgehead atoms. The van der Waals surface area contributed by atoms with Crippen LogP contribution in [0.2, 0.25) is 0 Å². The quantitative estimate of drug-likeness (QED) is 0.451. The van der Waals surface area contributed by atoms with Crippen molar-refractivity contribution in [3.8, 4) is 0 Å². The lowest BCUT2D eigenvalue weighted by Crippen LogP contribution is -2.03. The standard InChI is InChI=1S/C9H12Cl2O2/c1-3-4-8(11)7(9(12)13)5-6(2)10/h4-6H,3H2,1-2H3,(H,12,13)/b7-5+,8-4+. The zero-order valence-corrected chi connectivity index (χ0v) is 9.06. The monoisotopic (exact) mass is 222 g/mol. The molecule has 2 nitrogen and oxygen atoms in total. The highest BCUT2D eigenvalue weighted by atomic mass is 35.5. The molecule has 0 saturated carbocycles. The Bertz CT molecular complexity index is 242. The Kier molecular flexibility index (Phi) is 5.84. The number of carboxylic acid groups (broad SMARTS) is 1. The summed E-state index contributed by atoms with van der Waals surface area (Å²) in [5.74, 6) is -1.05. The Balaban J connectivity index is 4.82. The van der Waals surface area contributed by atoms with Crippen LogP contribution < -0.4 is 0 Å². The van der Waals surface area contributed by atoms with Crippen molar-refractivity contribution >= 4 is 29.2 Å². The molecule has 0 heterocycles. The molecule has 0 saturated heterocycles. The third-order valence-corrected chi connectivity index (χ3v) is 1.75. The first-order chi connectivity index (χ1) is 5.99. The van der Waals surface area contributed by atoms with Crippen LogP contribution in [0.1, 0.15) is 20.3 Å². The zero-order chi connectivity index (χ0) is 10.4. The molecule has 4 heteroatoms. The van der Waals surface area contributed by atoms with E-state index in [9.17, 15) is 4.79 Å². The van der Waals surface area contributed by atoms with Crippen LogP contribution in [0.3, 0.4) is 0 Å². The zero-order valence-electron chi connectivity index (χ0n) is 7.55. The number of hydrogen-bond donors (Lipinski definition) is 1. The van der Waals surface area contributed by atoms with Gasteiger partial charge in [-0.3, -0.25) is 0 Å². The average Bonchev–Trinajstić information content (AvgIpc) is 1.99. The van der Waals surface area contributed by atoms with Gasteiger partial charge in [0.05, 0.1) is 10.6 Å². The predicted molar refractivity (Wildman–Crippen MR) is 55.3 cm³/mol. The number of aliphatic carboxylic acids is 1. The number of alkyl halides is 1. The Morgan fingerprint density at radius 2 is 2.15 bits per heavy atom. The van der Waals surface area contributed by atoms with Gasteiger partial charge >= 0.3 is 5.97 Å². The van der Waals surface area contributed by atoms with E-state index in [0.717, 1.165) is 0 Å². The van der Waals surface area contributed by atoms with Gasteiger partial charge in [-0.2, -0.15) is 0 Å². The van der Waals surface area contributed by atoms with Crippen LogP contribution in [0.5, 0.6) is 0 Å². The second kappa shape index (κ2) is 6.06. The van der Waals surface area contributed by atoms with Crippen LogP contribution in [0.15, 0.2) is 22.8 Å². The van der Waals surface area contributed by atoms with Crippen molar-refractivity contribution < 1.29 is 9.90 Å². The second-order valence-electron chi connectivity index (χ2n) is 2.52. The molecule has 13 heavy (non-hydrogen) atoms. The van der Waals surface area contributed by atoms with Gasteiger partial charge in [0.1, 0.15) is 0 Å². The Morgan fingerprint density at radius 3 is 2.46 bits per heavy atom. The van der Waals surface area contributed by atoms with Crippen molar-refractivity contribution in [3.63, 3.8) is 0 Å². The van der Waals surface area contributed by atoms with Gasteiger partial charge < -0.3 is 5.11 Å². The maximum Gasteiger partial charge on any atom is 0.336 e. The summed E-state index contributed by atoms with van der Waals surface area (Å²) in [6, 6.07) is 0. The first kappa shape index (κ1) is 12.5. The number of rotatable bonds is 4. The molecule has 0 aromatic rings. The summed E-state index contributed by atoms with van der Waals surface area (Å²) < 4.78 is 0. The fourth-order valence-electron chi connectivity index (χ4n) is 0.772. The van der Waals surface area contributed by atoms with E-state index in [4.69, 9.17) is 28.3 Å². The Labute approximate surface area is 87.8 Å². The van der Waals surface area contributed by atoms with E-state index < -0.39 is 5.97 Å². The lowest BCUT2D eigenvalue weighted by atomic mass is 10.2. The largest absolute Gasteiger partial charge is 0.478 e. The van der Waals surface area contributed by atoms with Crippen LogP contribution in [0, 0.1) is 0 Å². The van der Waals surface area contributed by atoms with Gasteiger partial charge in [0, 0.05) is 5.38 Å². The summed E-state index contributed by atoms with van der Waals surface area (Å²) in [7, 11) is 0. The van der Waals surface area contributed by atoms with Crippen molar-refractivity contribution in [3.05, 3.63) is 22.8 Å². The minimum atomic E-state index is -1.05. The van der Waals surface area contributed by atoms with E-state index in [2.05, 4.69) is 0 Å². The number of allylic oxidation sites excluding steroid dienone is 2. The van der Waals surface area contributed by atoms with E-state index in [1.807, 2.05) is 6.92 Å². The SMILES string of the molecule is CC/C=C(Cl)\C(=C/C(C)Cl)C(=O)O. The maximum atomic E-state index is 10.7. The molecule has 1 N–H and O–H groups in total. The summed E-state index contributed by atoms with van der Waals surface area (Å²) in [6.07, 6.45) is 3.75. The van der Waals surface area contributed by atoms with Crippen molar-refractivity contribution in [1.82, 2.24) is 0 Å². The molecule has 0 aliphatic heterocycles. The van der Waals surface area contributed by atoms with E-state index in [0.29, 0.717) is 6.42 Å². The first-order valence-corrected chi connectivity index (χ1v) is 4.75. The summed E-state index contributed by atoms with van der Waals surface area (Å²) >= 11 is 11.4. The number of hydrogen-bond acceptors (Lipinski definition) is 1. The van der Waals surface area contributed by atoms with Gasteiger partial charge in [-0.05, 0) is 13.3 Å². The van der Waals surface area contributed by atoms with Gasteiger partial charge in [0.25, 0.3) is 0 Å². The van der Waals surface area contributed by atoms with Crippen molar-refractivity contribution in [2.45, 2.75) is 25.6 Å². The molecule has 1 atom stereocenters. The third-order valence-electron chi connectivity index (χ3n) is 1.27. The lowest BCUT2D eigenvalue weighted by Gasteiger charge is -2.01. The number of carbonyl (C=O) groups is 1. The fourth-order valence-corrected chi connectivity index (χ4v) is 1.20. The summed E-state index contributed by atoms with van der Waals surface area (Å²) in [6.45, 7) is 3.56. The lowest BCUT2D eigenvalue weighted by molar-refractivity contribution is -0.132. The van der Waals surface area contributed by atoms with E-state index in [1.165, 1.54) is 6.08 Å². The molecular formula is C9H12Cl2O2. The summed E-state index contributed by atoms with van der Waals surface area (Å²) in [5.41, 5.74) is 0.0611. The molecule has 0 aliphatic rings. The van der Waals surface area contributed by atoms with Crippen molar-refractivity contribution in [1.29, 1.82) is 0 Å². The molecule has 0 aliphatic carbocycles. The van der Waals surface area contributed by atoms with Crippen molar-refractivity contribution in [2.75, 3.05) is 0 Å². The second-order valence-corrected chi connectivity index (χ2v) is 3.62. The molecule has 0 radical (unpaired) electrons. The molecule has 0 spiro atoms. The molecule has 74 valence electrons. The van der Waals surface area contributed by atoms with Crippen LogP contribution in [0.25, 0.3) is 0 Å². The van der Waals surface area contributed by atoms with E-state index in [1.54, 1.807) is 13.0 Å². The van der Waals surface area contributed by atoms with Gasteiger partial charge in [0.2, 0.25) is 0 Å². The predicted octanol–water partition coefficient (Wildman–Crippen LogP) is 3.16. The minimum Gasteiger partial charge on any atom is -0.478 e. The van der Waals surface area contributed by atoms with Crippen LogP contribution >= 0.6 is 23.2 Å². The van der Waals surface area contributed by atoms with Crippen LogP contribution in [0.4, 0.5) is 0 Å². The highest BCUT2D eigenvalue weighted by Gasteiger charge is 2.11. The topological polar surface area (TPSA) is 37.3 Å². The molecule has 0 rings (SSSR count). The smallest absolute Gasteiger partial charge is 0.336 e. The highest BCUT2D eigenvalue weighted by molar-refractivity contribution is 6.35. The van der Waals surface area contributed by atoms with Crippen LogP contribution in [-0.2, 0) is 4.79 Å². The minimum absolute atomic E-state index is 0.0611. The molecule has 0 aromatic heterocycles. The maximum absolute atomic E-state index is 10.7. The number of carboxylic acids is 1. The molecule has 0 amide bonds. The number of halogens is 2. The first-order valence-electron chi connectivity index (χ1n) is 3.94. The van der Waals surface area contributed by atoms with E-state index in [-0.39, 0.29) is 16.0 Å². The van der Waals surface area contributed by atoms with E-state index >= 15 is 0 Å². The normalized spacial score (nSPS) is 15.7. The molecule has 1 unspecified atom stereocenters. The summed E-state index contributed by atoms with van der Waals surface area (Å²) in [4.78, 5) is 10.7. The van der Waals surface area contributed by atoms with Gasteiger partial charge in [0.15, 0.2) is 0 Å². The van der Waals surface area contributed by atoms with Gasteiger partial charge in [-0.15, -0.1) is 11.6 Å². The van der Waals surface area contributed by atoms with Crippen molar-refractivity contribution in [2.24, 2.45) is 0 Å². The highest BCUT2D eigenvalue weighted by Crippen LogP contribution is 2.17. The average molecular weight is 223 g/mol. The fraction of sp³-hybridized carbons (Fsp3) is 0.444.